The van der Waals surface area contributed by atoms with Gasteiger partial charge >= 0.3 is 0 Å². The highest BCUT2D eigenvalue weighted by Crippen LogP contribution is 2.22. The second kappa shape index (κ2) is 4.61. The van der Waals surface area contributed by atoms with Crippen LogP contribution in [0, 0.1) is 6.92 Å². The van der Waals surface area contributed by atoms with E-state index in [9.17, 15) is 0 Å². The third kappa shape index (κ3) is 2.22. The van der Waals surface area contributed by atoms with Gasteiger partial charge in [0.25, 0.3) is 0 Å². The Balaban J connectivity index is 1.87. The standard InChI is InChI=1S/C14H13N3O2/c1-9-11(6-7-18-9)14-16-13(19-17-14)8-10-4-2-3-5-12(10)15/h2-7H,8,15H2,1H3. The van der Waals surface area contributed by atoms with E-state index in [1.54, 1.807) is 6.26 Å². The Morgan fingerprint density at radius 2 is 2.05 bits per heavy atom. The lowest BCUT2D eigenvalue weighted by Gasteiger charge is -2.00. The van der Waals surface area contributed by atoms with Gasteiger partial charge in [0, 0.05) is 5.69 Å². The molecule has 0 aliphatic carbocycles. The molecule has 2 heterocycles. The van der Waals surface area contributed by atoms with Crippen molar-refractivity contribution in [2.24, 2.45) is 0 Å². The summed E-state index contributed by atoms with van der Waals surface area (Å²) in [4.78, 5) is 4.36. The van der Waals surface area contributed by atoms with Crippen LogP contribution >= 0.6 is 0 Å². The predicted molar refractivity (Wildman–Crippen MR) is 70.4 cm³/mol. The van der Waals surface area contributed by atoms with Gasteiger partial charge in [0.05, 0.1) is 18.2 Å². The molecule has 0 amide bonds. The summed E-state index contributed by atoms with van der Waals surface area (Å²) in [5.41, 5.74) is 8.43. The SMILES string of the molecule is Cc1occc1-c1noc(Cc2ccccc2N)n1. The van der Waals surface area contributed by atoms with Crippen LogP contribution in [0.1, 0.15) is 17.2 Å². The Hall–Kier alpha value is -2.56. The first-order chi connectivity index (χ1) is 9.24. The van der Waals surface area contributed by atoms with Gasteiger partial charge in [-0.25, -0.2) is 0 Å². The fourth-order valence-electron chi connectivity index (χ4n) is 1.91. The van der Waals surface area contributed by atoms with Crippen LogP contribution in [0.3, 0.4) is 0 Å². The number of rotatable bonds is 3. The van der Waals surface area contributed by atoms with Crippen molar-refractivity contribution in [1.29, 1.82) is 0 Å². The summed E-state index contributed by atoms with van der Waals surface area (Å²) >= 11 is 0. The van der Waals surface area contributed by atoms with Gasteiger partial charge in [-0.05, 0) is 24.6 Å². The van der Waals surface area contributed by atoms with Gasteiger partial charge in [-0.2, -0.15) is 4.98 Å². The van der Waals surface area contributed by atoms with E-state index in [4.69, 9.17) is 14.7 Å². The van der Waals surface area contributed by atoms with E-state index in [2.05, 4.69) is 10.1 Å². The van der Waals surface area contributed by atoms with Crippen molar-refractivity contribution in [2.45, 2.75) is 13.3 Å². The molecule has 0 unspecified atom stereocenters. The maximum Gasteiger partial charge on any atom is 0.231 e. The molecule has 3 rings (SSSR count). The summed E-state index contributed by atoms with van der Waals surface area (Å²) in [5, 5.41) is 3.96. The second-order valence-electron chi connectivity index (χ2n) is 4.28. The van der Waals surface area contributed by atoms with Gasteiger partial charge in [-0.3, -0.25) is 0 Å². The lowest BCUT2D eigenvalue weighted by Crippen LogP contribution is -1.95. The molecule has 0 fully saturated rings. The van der Waals surface area contributed by atoms with E-state index < -0.39 is 0 Å². The van der Waals surface area contributed by atoms with Crippen molar-refractivity contribution < 1.29 is 8.94 Å². The minimum Gasteiger partial charge on any atom is -0.469 e. The molecule has 0 saturated heterocycles. The van der Waals surface area contributed by atoms with Crippen molar-refractivity contribution >= 4 is 5.69 Å². The van der Waals surface area contributed by atoms with E-state index in [1.165, 1.54) is 0 Å². The smallest absolute Gasteiger partial charge is 0.231 e. The monoisotopic (exact) mass is 255 g/mol. The fourth-order valence-corrected chi connectivity index (χ4v) is 1.91. The van der Waals surface area contributed by atoms with Crippen LogP contribution in [0.2, 0.25) is 0 Å². The Morgan fingerprint density at radius 1 is 1.21 bits per heavy atom. The summed E-state index contributed by atoms with van der Waals surface area (Å²) < 4.78 is 10.5. The van der Waals surface area contributed by atoms with Crippen molar-refractivity contribution in [2.75, 3.05) is 5.73 Å². The van der Waals surface area contributed by atoms with E-state index in [1.807, 2.05) is 37.3 Å². The average molecular weight is 255 g/mol. The van der Waals surface area contributed by atoms with E-state index in [0.29, 0.717) is 18.1 Å². The first-order valence-electron chi connectivity index (χ1n) is 5.94. The molecule has 3 aromatic rings. The first kappa shape index (κ1) is 11.5. The largest absolute Gasteiger partial charge is 0.469 e. The van der Waals surface area contributed by atoms with Crippen LogP contribution in [-0.4, -0.2) is 10.1 Å². The molecule has 96 valence electrons. The van der Waals surface area contributed by atoms with Crippen molar-refractivity contribution in [1.82, 2.24) is 10.1 Å². The third-order valence-electron chi connectivity index (χ3n) is 2.96. The molecule has 0 atom stereocenters. The molecule has 2 N–H and O–H groups in total. The maximum absolute atomic E-state index is 5.89. The van der Waals surface area contributed by atoms with E-state index in [0.717, 1.165) is 22.6 Å². The molecule has 19 heavy (non-hydrogen) atoms. The number of anilines is 1. The van der Waals surface area contributed by atoms with Crippen LogP contribution in [0.5, 0.6) is 0 Å². The molecule has 0 saturated carbocycles. The van der Waals surface area contributed by atoms with Crippen LogP contribution in [0.15, 0.2) is 45.5 Å². The number of nitrogen functional groups attached to an aromatic ring is 1. The molecule has 1 aromatic carbocycles. The van der Waals surface area contributed by atoms with Crippen molar-refractivity contribution in [3.8, 4) is 11.4 Å². The summed E-state index contributed by atoms with van der Waals surface area (Å²) in [6, 6.07) is 9.45. The summed E-state index contributed by atoms with van der Waals surface area (Å²) in [6.07, 6.45) is 2.13. The number of para-hydroxylation sites is 1. The number of furan rings is 1. The molecule has 0 spiro atoms. The number of hydrogen-bond acceptors (Lipinski definition) is 5. The molecule has 2 aromatic heterocycles. The summed E-state index contributed by atoms with van der Waals surface area (Å²) in [6.45, 7) is 1.86. The maximum atomic E-state index is 5.89. The summed E-state index contributed by atoms with van der Waals surface area (Å²) in [5.74, 6) is 1.84. The van der Waals surface area contributed by atoms with Crippen LogP contribution in [-0.2, 0) is 6.42 Å². The van der Waals surface area contributed by atoms with Gasteiger partial charge in [0.15, 0.2) is 0 Å². The Morgan fingerprint density at radius 3 is 2.79 bits per heavy atom. The van der Waals surface area contributed by atoms with Gasteiger partial charge in [-0.1, -0.05) is 23.4 Å². The lowest BCUT2D eigenvalue weighted by molar-refractivity contribution is 0.385. The normalized spacial score (nSPS) is 10.8. The Bertz CT molecular complexity index is 700. The Labute approximate surface area is 110 Å². The lowest BCUT2D eigenvalue weighted by atomic mass is 10.1. The number of hydrogen-bond donors (Lipinski definition) is 1. The Kier molecular flexibility index (Phi) is 2.79. The van der Waals surface area contributed by atoms with E-state index in [-0.39, 0.29) is 0 Å². The molecule has 5 nitrogen and oxygen atoms in total. The highest BCUT2D eigenvalue weighted by Gasteiger charge is 2.13. The van der Waals surface area contributed by atoms with Crippen LogP contribution < -0.4 is 5.73 Å². The second-order valence-corrected chi connectivity index (χ2v) is 4.28. The minimum atomic E-state index is 0.524. The highest BCUT2D eigenvalue weighted by atomic mass is 16.5. The average Bonchev–Trinajstić information content (AvgIpc) is 3.01. The molecule has 0 radical (unpaired) electrons. The zero-order valence-corrected chi connectivity index (χ0v) is 10.5. The van der Waals surface area contributed by atoms with Crippen LogP contribution in [0.4, 0.5) is 5.69 Å². The quantitative estimate of drug-likeness (QED) is 0.728. The predicted octanol–water partition coefficient (Wildman–Crippen LogP) is 2.81. The number of benzene rings is 1. The van der Waals surface area contributed by atoms with Gasteiger partial charge in [-0.15, -0.1) is 0 Å². The molecule has 0 aliphatic heterocycles. The van der Waals surface area contributed by atoms with Gasteiger partial charge in [0.1, 0.15) is 5.76 Å². The third-order valence-corrected chi connectivity index (χ3v) is 2.96. The number of nitrogens with two attached hydrogens (primary N) is 1. The first-order valence-corrected chi connectivity index (χ1v) is 5.94. The fraction of sp³-hybridized carbons (Fsp3) is 0.143. The molecule has 0 aliphatic rings. The van der Waals surface area contributed by atoms with Crippen molar-refractivity contribution in [3.05, 3.63) is 53.8 Å². The number of aromatic nitrogens is 2. The topological polar surface area (TPSA) is 78.1 Å². The molecular formula is C14H13N3O2. The molecule has 5 heteroatoms. The van der Waals surface area contributed by atoms with Gasteiger partial charge in [0.2, 0.25) is 11.7 Å². The van der Waals surface area contributed by atoms with Crippen molar-refractivity contribution in [3.63, 3.8) is 0 Å². The zero-order chi connectivity index (χ0) is 13.2. The number of aryl methyl sites for hydroxylation is 1. The van der Waals surface area contributed by atoms with Crippen LogP contribution in [0.25, 0.3) is 11.4 Å². The molecular weight excluding hydrogens is 242 g/mol. The highest BCUT2D eigenvalue weighted by molar-refractivity contribution is 5.56. The van der Waals surface area contributed by atoms with E-state index >= 15 is 0 Å². The number of nitrogens with zero attached hydrogens (tertiary/aromatic N) is 2. The minimum absolute atomic E-state index is 0.524. The zero-order valence-electron chi connectivity index (χ0n) is 10.5. The summed E-state index contributed by atoms with van der Waals surface area (Å²) in [7, 11) is 0. The molecule has 0 bridgehead atoms. The van der Waals surface area contributed by atoms with Gasteiger partial charge < -0.3 is 14.7 Å².